The van der Waals surface area contributed by atoms with Crippen LogP contribution >= 0.6 is 11.3 Å². The second-order valence-corrected chi connectivity index (χ2v) is 7.46. The average molecular weight is 340 g/mol. The smallest absolute Gasteiger partial charge is 0.0898 e. The highest BCUT2D eigenvalue weighted by atomic mass is 32.1. The Morgan fingerprint density at radius 1 is 1.25 bits per heavy atom. The molecule has 2 heterocycles. The normalized spacial score (nSPS) is 11.3. The van der Waals surface area contributed by atoms with Crippen LogP contribution in [-0.2, 0) is 13.0 Å². The van der Waals surface area contributed by atoms with E-state index in [-0.39, 0.29) is 0 Å². The van der Waals surface area contributed by atoms with Crippen LogP contribution in [0.3, 0.4) is 0 Å². The van der Waals surface area contributed by atoms with E-state index in [2.05, 4.69) is 47.8 Å². The quantitative estimate of drug-likeness (QED) is 0.448. The van der Waals surface area contributed by atoms with Crippen molar-refractivity contribution in [3.63, 3.8) is 0 Å². The molecule has 3 nitrogen and oxygen atoms in total. The summed E-state index contributed by atoms with van der Waals surface area (Å²) in [6.07, 6.45) is 6.26. The van der Waals surface area contributed by atoms with E-state index < -0.39 is 0 Å². The number of benzene rings is 1. The molecule has 0 amide bonds. The predicted molar refractivity (Wildman–Crippen MR) is 104 cm³/mol. The summed E-state index contributed by atoms with van der Waals surface area (Å²) < 4.78 is 2.43. The number of thiazole rings is 1. The van der Waals surface area contributed by atoms with E-state index in [0.29, 0.717) is 0 Å². The molecule has 0 saturated carbocycles. The molecule has 0 atom stereocenters. The van der Waals surface area contributed by atoms with Gasteiger partial charge in [-0.25, -0.2) is 4.98 Å². The van der Waals surface area contributed by atoms with Crippen molar-refractivity contribution in [1.29, 1.82) is 5.41 Å². The van der Waals surface area contributed by atoms with E-state index in [1.54, 1.807) is 11.3 Å². The van der Waals surface area contributed by atoms with Gasteiger partial charge in [0.05, 0.1) is 17.2 Å². The van der Waals surface area contributed by atoms with Crippen LogP contribution in [0.1, 0.15) is 53.7 Å². The number of unbranched alkanes of at least 4 members (excludes halogenated alkanes) is 2. The largest absolute Gasteiger partial charge is 0.338 e. The monoisotopic (exact) mass is 339 g/mol. The van der Waals surface area contributed by atoms with Crippen LogP contribution in [0.4, 0.5) is 0 Å². The number of nitrogens with zero attached hydrogens (tertiary/aromatic N) is 2. The van der Waals surface area contributed by atoms with Gasteiger partial charge < -0.3 is 9.98 Å². The summed E-state index contributed by atoms with van der Waals surface area (Å²) in [4.78, 5) is 4.65. The Morgan fingerprint density at radius 3 is 2.75 bits per heavy atom. The minimum atomic E-state index is 0.833. The topological polar surface area (TPSA) is 41.7 Å². The Hall–Kier alpha value is -1.94. The number of fused-ring (bicyclic) bond motifs is 1. The van der Waals surface area contributed by atoms with Gasteiger partial charge in [-0.05, 0) is 49.9 Å². The van der Waals surface area contributed by atoms with E-state index in [0.717, 1.165) is 29.2 Å². The molecule has 126 valence electrons. The van der Waals surface area contributed by atoms with E-state index >= 15 is 0 Å². The van der Waals surface area contributed by atoms with Crippen LogP contribution in [0.2, 0.25) is 0 Å². The Balaban J connectivity index is 2.08. The molecule has 3 aromatic rings. The molecule has 0 fully saturated rings. The average Bonchev–Trinajstić information content (AvgIpc) is 3.11. The predicted octanol–water partition coefficient (Wildman–Crippen LogP) is 5.49. The Morgan fingerprint density at radius 2 is 2.08 bits per heavy atom. The minimum Gasteiger partial charge on any atom is -0.338 e. The maximum Gasteiger partial charge on any atom is 0.0898 e. The first-order valence-electron chi connectivity index (χ1n) is 8.67. The molecule has 0 radical (unpaired) electrons. The fourth-order valence-corrected chi connectivity index (χ4v) is 3.97. The van der Waals surface area contributed by atoms with Gasteiger partial charge in [0.25, 0.3) is 0 Å². The molecule has 4 heteroatoms. The van der Waals surface area contributed by atoms with Gasteiger partial charge in [0, 0.05) is 28.2 Å². The SMILES string of the molecule is CCCCCc1c(C)c2cc(C=N)ccc2n1Cc1csc(C)n1. The van der Waals surface area contributed by atoms with Gasteiger partial charge in [-0.1, -0.05) is 25.8 Å². The molecule has 0 saturated heterocycles. The fraction of sp³-hybridized carbons (Fsp3) is 0.400. The standard InChI is InChI=1S/C20H25N3S/c1-4-5-6-7-19-14(2)18-10-16(11-21)8-9-20(18)23(19)12-17-13-24-15(3)22-17/h8-11,13,21H,4-7,12H2,1-3H3. The van der Waals surface area contributed by atoms with Crippen molar-refractivity contribution in [2.45, 2.75) is 53.0 Å². The summed E-state index contributed by atoms with van der Waals surface area (Å²) in [7, 11) is 0. The zero-order valence-electron chi connectivity index (χ0n) is 14.7. The van der Waals surface area contributed by atoms with E-state index in [1.807, 2.05) is 6.07 Å². The van der Waals surface area contributed by atoms with Gasteiger partial charge in [-0.2, -0.15) is 0 Å². The maximum atomic E-state index is 7.53. The number of hydrogen-bond donors (Lipinski definition) is 1. The number of nitrogens with one attached hydrogen (secondary N) is 1. The number of aromatic nitrogens is 2. The summed E-state index contributed by atoms with van der Waals surface area (Å²) in [5.74, 6) is 0. The van der Waals surface area contributed by atoms with E-state index in [4.69, 9.17) is 5.41 Å². The van der Waals surface area contributed by atoms with Crippen LogP contribution in [-0.4, -0.2) is 15.8 Å². The highest BCUT2D eigenvalue weighted by Gasteiger charge is 2.15. The van der Waals surface area contributed by atoms with Crippen molar-refractivity contribution in [3.05, 3.63) is 51.1 Å². The van der Waals surface area contributed by atoms with Crippen molar-refractivity contribution >= 4 is 28.5 Å². The first kappa shape index (κ1) is 16.9. The summed E-state index contributed by atoms with van der Waals surface area (Å²) in [6.45, 7) is 7.36. The molecular formula is C20H25N3S. The zero-order valence-corrected chi connectivity index (χ0v) is 15.5. The van der Waals surface area contributed by atoms with Crippen LogP contribution in [0.25, 0.3) is 10.9 Å². The van der Waals surface area contributed by atoms with E-state index in [1.165, 1.54) is 47.6 Å². The molecule has 0 aliphatic heterocycles. The molecule has 1 N–H and O–H groups in total. The van der Waals surface area contributed by atoms with Gasteiger partial charge >= 0.3 is 0 Å². The van der Waals surface area contributed by atoms with Gasteiger partial charge in [0.15, 0.2) is 0 Å². The maximum absolute atomic E-state index is 7.53. The highest BCUT2D eigenvalue weighted by Crippen LogP contribution is 2.29. The molecule has 0 unspecified atom stereocenters. The lowest BCUT2D eigenvalue weighted by Gasteiger charge is -2.10. The first-order chi connectivity index (χ1) is 11.6. The summed E-state index contributed by atoms with van der Waals surface area (Å²) in [6, 6.07) is 6.34. The molecule has 0 aliphatic rings. The number of rotatable bonds is 7. The van der Waals surface area contributed by atoms with Gasteiger partial charge in [-0.15, -0.1) is 11.3 Å². The summed E-state index contributed by atoms with van der Waals surface area (Å²) in [5.41, 5.74) is 6.15. The van der Waals surface area contributed by atoms with E-state index in [9.17, 15) is 0 Å². The molecule has 2 aromatic heterocycles. The molecule has 0 spiro atoms. The Bertz CT molecular complexity index is 857. The third-order valence-electron chi connectivity index (χ3n) is 4.64. The van der Waals surface area contributed by atoms with Gasteiger partial charge in [0.2, 0.25) is 0 Å². The third kappa shape index (κ3) is 3.29. The number of hydrogen-bond acceptors (Lipinski definition) is 3. The first-order valence-corrected chi connectivity index (χ1v) is 9.55. The molecular weight excluding hydrogens is 314 g/mol. The second kappa shape index (κ2) is 7.31. The van der Waals surface area contributed by atoms with Crippen LogP contribution < -0.4 is 0 Å². The van der Waals surface area contributed by atoms with Crippen molar-refractivity contribution in [2.24, 2.45) is 0 Å². The van der Waals surface area contributed by atoms with Crippen LogP contribution in [0.15, 0.2) is 23.6 Å². The van der Waals surface area contributed by atoms with Crippen molar-refractivity contribution in [2.75, 3.05) is 0 Å². The van der Waals surface area contributed by atoms with Crippen molar-refractivity contribution in [1.82, 2.24) is 9.55 Å². The van der Waals surface area contributed by atoms with Crippen LogP contribution in [0, 0.1) is 19.3 Å². The zero-order chi connectivity index (χ0) is 17.1. The Labute approximate surface area is 147 Å². The summed E-state index contributed by atoms with van der Waals surface area (Å²) in [5, 5.41) is 12.1. The fourth-order valence-electron chi connectivity index (χ4n) is 3.37. The molecule has 0 aliphatic carbocycles. The minimum absolute atomic E-state index is 0.833. The lowest BCUT2D eigenvalue weighted by atomic mass is 10.1. The third-order valence-corrected chi connectivity index (χ3v) is 5.47. The Kier molecular flexibility index (Phi) is 5.14. The van der Waals surface area contributed by atoms with Gasteiger partial charge in [-0.3, -0.25) is 0 Å². The lowest BCUT2D eigenvalue weighted by molar-refractivity contribution is 0.668. The highest BCUT2D eigenvalue weighted by molar-refractivity contribution is 7.09. The van der Waals surface area contributed by atoms with Gasteiger partial charge in [0.1, 0.15) is 0 Å². The number of aryl methyl sites for hydroxylation is 2. The van der Waals surface area contributed by atoms with Crippen molar-refractivity contribution in [3.8, 4) is 0 Å². The molecule has 3 rings (SSSR count). The van der Waals surface area contributed by atoms with Crippen molar-refractivity contribution < 1.29 is 0 Å². The molecule has 0 bridgehead atoms. The van der Waals surface area contributed by atoms with Crippen LogP contribution in [0.5, 0.6) is 0 Å². The summed E-state index contributed by atoms with van der Waals surface area (Å²) >= 11 is 1.72. The molecule has 1 aromatic carbocycles. The lowest BCUT2D eigenvalue weighted by Crippen LogP contribution is -2.06. The molecule has 24 heavy (non-hydrogen) atoms. The second-order valence-electron chi connectivity index (χ2n) is 6.39.